The summed E-state index contributed by atoms with van der Waals surface area (Å²) in [5.41, 5.74) is 0.888. The molecule has 0 bridgehead atoms. The third-order valence-electron chi connectivity index (χ3n) is 3.51. The molecule has 1 aliphatic rings. The third-order valence-corrected chi connectivity index (χ3v) is 4.65. The van der Waals surface area contributed by atoms with Crippen LogP contribution in [0, 0.1) is 6.92 Å². The second kappa shape index (κ2) is 6.20. The second-order valence-electron chi connectivity index (χ2n) is 5.70. The Hall–Kier alpha value is -0.650. The summed E-state index contributed by atoms with van der Waals surface area (Å²) in [6.07, 6.45) is 4.91. The highest BCUT2D eigenvalue weighted by Gasteiger charge is 2.39. The van der Waals surface area contributed by atoms with Crippen molar-refractivity contribution in [3.63, 3.8) is 0 Å². The predicted octanol–water partition coefficient (Wildman–Crippen LogP) is 2.16. The first-order chi connectivity index (χ1) is 9.03. The predicted molar refractivity (Wildman–Crippen MR) is 78.4 cm³/mol. The Bertz CT molecular complexity index is 427. The molecule has 2 N–H and O–H groups in total. The zero-order valence-electron chi connectivity index (χ0n) is 11.9. The summed E-state index contributed by atoms with van der Waals surface area (Å²) in [7, 11) is 0. The van der Waals surface area contributed by atoms with Crippen LogP contribution in [0.1, 0.15) is 38.8 Å². The summed E-state index contributed by atoms with van der Waals surface area (Å²) >= 11 is 1.74. The molecule has 0 amide bonds. The van der Waals surface area contributed by atoms with Gasteiger partial charge in [0.05, 0.1) is 6.61 Å². The Morgan fingerprint density at radius 3 is 3.00 bits per heavy atom. The standard InChI is InChI=1S/C14H23N3OS/c1-10(2)17-14(9-18)6-4-12(8-14)19-13-15-7-5-11(3)16-13/h5,7,10,12,17-18H,4,6,8-9H2,1-3H3. The molecule has 0 saturated heterocycles. The highest BCUT2D eigenvalue weighted by Crippen LogP contribution is 2.39. The van der Waals surface area contributed by atoms with E-state index in [0.717, 1.165) is 30.1 Å². The highest BCUT2D eigenvalue weighted by molar-refractivity contribution is 7.99. The van der Waals surface area contributed by atoms with E-state index in [1.165, 1.54) is 0 Å². The number of aryl methyl sites for hydroxylation is 1. The Balaban J connectivity index is 1.97. The first-order valence-corrected chi connectivity index (χ1v) is 7.76. The molecule has 0 radical (unpaired) electrons. The van der Waals surface area contributed by atoms with E-state index in [2.05, 4.69) is 29.1 Å². The smallest absolute Gasteiger partial charge is 0.187 e. The Kier molecular flexibility index (Phi) is 4.81. The van der Waals surface area contributed by atoms with Crippen LogP contribution in [0.15, 0.2) is 17.4 Å². The topological polar surface area (TPSA) is 58.0 Å². The van der Waals surface area contributed by atoms with E-state index < -0.39 is 0 Å². The van der Waals surface area contributed by atoms with Gasteiger partial charge in [-0.25, -0.2) is 9.97 Å². The molecule has 0 aliphatic heterocycles. The van der Waals surface area contributed by atoms with E-state index in [1.54, 1.807) is 11.8 Å². The van der Waals surface area contributed by atoms with Crippen molar-refractivity contribution < 1.29 is 5.11 Å². The normalized spacial score (nSPS) is 27.1. The monoisotopic (exact) mass is 281 g/mol. The minimum absolute atomic E-state index is 0.115. The second-order valence-corrected chi connectivity index (χ2v) is 6.97. The lowest BCUT2D eigenvalue weighted by Crippen LogP contribution is -2.49. The van der Waals surface area contributed by atoms with Gasteiger partial charge >= 0.3 is 0 Å². The molecule has 1 aliphatic carbocycles. The number of hydrogen-bond acceptors (Lipinski definition) is 5. The minimum atomic E-state index is -0.115. The summed E-state index contributed by atoms with van der Waals surface area (Å²) in [5, 5.41) is 14.6. The molecule has 1 aromatic rings. The summed E-state index contributed by atoms with van der Waals surface area (Å²) in [6, 6.07) is 2.31. The van der Waals surface area contributed by atoms with Crippen molar-refractivity contribution in [3.05, 3.63) is 18.0 Å². The molecule has 5 heteroatoms. The SMILES string of the molecule is Cc1ccnc(SC2CCC(CO)(NC(C)C)C2)n1. The summed E-state index contributed by atoms with van der Waals surface area (Å²) < 4.78 is 0. The molecule has 19 heavy (non-hydrogen) atoms. The van der Waals surface area contributed by atoms with E-state index in [-0.39, 0.29) is 12.1 Å². The van der Waals surface area contributed by atoms with Crippen molar-refractivity contribution in [3.8, 4) is 0 Å². The average Bonchev–Trinajstić information content (AvgIpc) is 2.72. The lowest BCUT2D eigenvalue weighted by atomic mass is 9.98. The molecule has 1 saturated carbocycles. The van der Waals surface area contributed by atoms with Crippen LogP contribution in [0.4, 0.5) is 0 Å². The van der Waals surface area contributed by atoms with Crippen LogP contribution in [0.3, 0.4) is 0 Å². The largest absolute Gasteiger partial charge is 0.394 e. The third kappa shape index (κ3) is 3.91. The van der Waals surface area contributed by atoms with Crippen molar-refractivity contribution in [2.24, 2.45) is 0 Å². The molecule has 1 aromatic heterocycles. The summed E-state index contributed by atoms with van der Waals surface area (Å²) in [4.78, 5) is 8.75. The lowest BCUT2D eigenvalue weighted by Gasteiger charge is -2.31. The molecule has 1 fully saturated rings. The van der Waals surface area contributed by atoms with Gasteiger partial charge in [0.25, 0.3) is 0 Å². The molecule has 2 rings (SSSR count). The quantitative estimate of drug-likeness (QED) is 0.810. The van der Waals surface area contributed by atoms with Crippen molar-refractivity contribution in [1.82, 2.24) is 15.3 Å². The average molecular weight is 281 g/mol. The number of hydrogen-bond donors (Lipinski definition) is 2. The number of aromatic nitrogens is 2. The van der Waals surface area contributed by atoms with Crippen LogP contribution in [-0.4, -0.2) is 38.5 Å². The zero-order valence-corrected chi connectivity index (χ0v) is 12.7. The maximum absolute atomic E-state index is 9.69. The van der Waals surface area contributed by atoms with Crippen LogP contribution < -0.4 is 5.32 Å². The van der Waals surface area contributed by atoms with E-state index >= 15 is 0 Å². The Labute approximate surface area is 119 Å². The number of aliphatic hydroxyl groups excluding tert-OH is 1. The van der Waals surface area contributed by atoms with Gasteiger partial charge in [0.2, 0.25) is 0 Å². The molecule has 2 unspecified atom stereocenters. The molecule has 4 nitrogen and oxygen atoms in total. The molecule has 0 spiro atoms. The van der Waals surface area contributed by atoms with Crippen LogP contribution >= 0.6 is 11.8 Å². The molecular weight excluding hydrogens is 258 g/mol. The van der Waals surface area contributed by atoms with Gasteiger partial charge in [0.1, 0.15) is 0 Å². The zero-order chi connectivity index (χ0) is 13.9. The van der Waals surface area contributed by atoms with Gasteiger partial charge in [-0.15, -0.1) is 0 Å². The fourth-order valence-electron chi connectivity index (χ4n) is 2.74. The van der Waals surface area contributed by atoms with Gasteiger partial charge in [-0.05, 0) is 32.3 Å². The summed E-state index contributed by atoms with van der Waals surface area (Å²) in [5.74, 6) is 0. The molecule has 1 heterocycles. The van der Waals surface area contributed by atoms with Crippen molar-refractivity contribution in [2.75, 3.05) is 6.61 Å². The Morgan fingerprint density at radius 2 is 2.37 bits per heavy atom. The number of aliphatic hydroxyl groups is 1. The first-order valence-electron chi connectivity index (χ1n) is 6.88. The highest BCUT2D eigenvalue weighted by atomic mass is 32.2. The maximum Gasteiger partial charge on any atom is 0.187 e. The number of thioether (sulfide) groups is 1. The number of nitrogens with zero attached hydrogens (tertiary/aromatic N) is 2. The molecule has 2 atom stereocenters. The van der Waals surface area contributed by atoms with Gasteiger partial charge in [0.15, 0.2) is 5.16 Å². The first kappa shape index (κ1) is 14.8. The van der Waals surface area contributed by atoms with Crippen LogP contribution in [-0.2, 0) is 0 Å². The van der Waals surface area contributed by atoms with E-state index in [9.17, 15) is 5.11 Å². The lowest BCUT2D eigenvalue weighted by molar-refractivity contribution is 0.156. The van der Waals surface area contributed by atoms with Gasteiger partial charge in [-0.3, -0.25) is 0 Å². The van der Waals surface area contributed by atoms with Gasteiger partial charge in [-0.1, -0.05) is 25.6 Å². The Morgan fingerprint density at radius 1 is 1.58 bits per heavy atom. The molecular formula is C14H23N3OS. The summed E-state index contributed by atoms with van der Waals surface area (Å²) in [6.45, 7) is 6.44. The van der Waals surface area contributed by atoms with Gasteiger partial charge in [0, 0.05) is 28.7 Å². The van der Waals surface area contributed by atoms with Crippen molar-refractivity contribution >= 4 is 11.8 Å². The van der Waals surface area contributed by atoms with E-state index in [1.807, 2.05) is 19.2 Å². The van der Waals surface area contributed by atoms with Crippen LogP contribution in [0.2, 0.25) is 0 Å². The number of rotatable bonds is 5. The molecule has 0 aromatic carbocycles. The fourth-order valence-corrected chi connectivity index (χ4v) is 4.00. The van der Waals surface area contributed by atoms with E-state index in [0.29, 0.717) is 11.3 Å². The number of nitrogens with one attached hydrogen (secondary N) is 1. The van der Waals surface area contributed by atoms with Crippen molar-refractivity contribution in [2.45, 2.75) is 62.0 Å². The maximum atomic E-state index is 9.69. The molecule has 106 valence electrons. The fraction of sp³-hybridized carbons (Fsp3) is 0.714. The minimum Gasteiger partial charge on any atom is -0.394 e. The van der Waals surface area contributed by atoms with E-state index in [4.69, 9.17) is 0 Å². The van der Waals surface area contributed by atoms with Gasteiger partial charge < -0.3 is 10.4 Å². The van der Waals surface area contributed by atoms with Gasteiger partial charge in [-0.2, -0.15) is 0 Å². The van der Waals surface area contributed by atoms with Crippen molar-refractivity contribution in [1.29, 1.82) is 0 Å². The van der Waals surface area contributed by atoms with Crippen LogP contribution in [0.5, 0.6) is 0 Å². The van der Waals surface area contributed by atoms with Crippen LogP contribution in [0.25, 0.3) is 0 Å².